The molecule has 2 aromatic heterocycles. The maximum absolute atomic E-state index is 11.7. The second kappa shape index (κ2) is 4.87. The van der Waals surface area contributed by atoms with Crippen molar-refractivity contribution in [2.75, 3.05) is 19.8 Å². The smallest absolute Gasteiger partial charge is 0.242 e. The number of nitrogen functional groups attached to an aromatic ring is 1. The minimum absolute atomic E-state index is 0.00304. The van der Waals surface area contributed by atoms with Gasteiger partial charge in [0.1, 0.15) is 12.4 Å². The molecule has 6 heteroatoms. The highest BCUT2D eigenvalue weighted by Crippen LogP contribution is 2.23. The van der Waals surface area contributed by atoms with E-state index in [1.54, 1.807) is 43.4 Å². The average molecular weight is 245 g/mol. The van der Waals surface area contributed by atoms with Gasteiger partial charge in [-0.15, -0.1) is 0 Å². The van der Waals surface area contributed by atoms with Crippen LogP contribution in [-0.4, -0.2) is 39.4 Å². The first-order chi connectivity index (χ1) is 8.59. The summed E-state index contributed by atoms with van der Waals surface area (Å²) in [7, 11) is 3.44. The molecule has 1 amide bonds. The van der Waals surface area contributed by atoms with Crippen LogP contribution in [0.15, 0.2) is 30.9 Å². The van der Waals surface area contributed by atoms with Gasteiger partial charge in [0.05, 0.1) is 18.2 Å². The van der Waals surface area contributed by atoms with Gasteiger partial charge in [0.2, 0.25) is 5.91 Å². The summed E-state index contributed by atoms with van der Waals surface area (Å²) in [5.74, 6) is 0.424. The fourth-order valence-electron chi connectivity index (χ4n) is 1.59. The molecule has 0 spiro atoms. The molecule has 2 rings (SSSR count). The molecule has 2 aromatic rings. The van der Waals surface area contributed by atoms with Gasteiger partial charge in [-0.2, -0.15) is 0 Å². The number of carbonyl (C=O) groups is 1. The van der Waals surface area contributed by atoms with Crippen LogP contribution in [-0.2, 0) is 11.3 Å². The molecule has 0 unspecified atom stereocenters. The summed E-state index contributed by atoms with van der Waals surface area (Å²) < 4.78 is 1.76. The van der Waals surface area contributed by atoms with E-state index >= 15 is 0 Å². The van der Waals surface area contributed by atoms with Crippen molar-refractivity contribution >= 4 is 11.7 Å². The number of hydrogen-bond donors (Lipinski definition) is 1. The van der Waals surface area contributed by atoms with Crippen LogP contribution in [0.3, 0.4) is 0 Å². The van der Waals surface area contributed by atoms with Gasteiger partial charge in [-0.05, 0) is 12.1 Å². The van der Waals surface area contributed by atoms with Crippen molar-refractivity contribution in [2.24, 2.45) is 0 Å². The molecule has 6 nitrogen and oxygen atoms in total. The van der Waals surface area contributed by atoms with Crippen LogP contribution >= 0.6 is 0 Å². The number of aromatic nitrogens is 3. The van der Waals surface area contributed by atoms with Gasteiger partial charge in [0, 0.05) is 25.9 Å². The Morgan fingerprint density at radius 2 is 2.28 bits per heavy atom. The molecule has 0 atom stereocenters. The number of nitrogens with two attached hydrogens (primary N) is 1. The highest BCUT2D eigenvalue weighted by atomic mass is 16.2. The highest BCUT2D eigenvalue weighted by Gasteiger charge is 2.12. The Balaban J connectivity index is 2.34. The number of hydrogen-bond acceptors (Lipinski definition) is 4. The minimum Gasteiger partial charge on any atom is -0.383 e. The Morgan fingerprint density at radius 1 is 1.50 bits per heavy atom. The quantitative estimate of drug-likeness (QED) is 0.859. The monoisotopic (exact) mass is 245 g/mol. The molecular weight excluding hydrogens is 230 g/mol. The van der Waals surface area contributed by atoms with Gasteiger partial charge in [-0.1, -0.05) is 0 Å². The molecule has 18 heavy (non-hydrogen) atoms. The first-order valence-electron chi connectivity index (χ1n) is 5.50. The van der Waals surface area contributed by atoms with Crippen molar-refractivity contribution in [3.63, 3.8) is 0 Å². The number of carbonyl (C=O) groups excluding carboxylic acids is 1. The molecule has 0 aliphatic carbocycles. The maximum Gasteiger partial charge on any atom is 0.242 e. The summed E-state index contributed by atoms with van der Waals surface area (Å²) in [6.45, 7) is 0.233. The topological polar surface area (TPSA) is 77.0 Å². The number of likely N-dealkylation sites (N-methyl/N-ethyl adjacent to an activating group) is 1. The van der Waals surface area contributed by atoms with E-state index in [-0.39, 0.29) is 12.5 Å². The SMILES string of the molecule is CN(C)C(=O)Cn1cncc1-c1cccnc1N. The van der Waals surface area contributed by atoms with E-state index in [1.807, 2.05) is 6.07 Å². The maximum atomic E-state index is 11.7. The molecule has 0 fully saturated rings. The molecule has 0 radical (unpaired) electrons. The van der Waals surface area contributed by atoms with Crippen molar-refractivity contribution in [3.05, 3.63) is 30.9 Å². The van der Waals surface area contributed by atoms with Crippen molar-refractivity contribution < 1.29 is 4.79 Å². The Hall–Kier alpha value is -2.37. The third-order valence-electron chi connectivity index (χ3n) is 2.63. The van der Waals surface area contributed by atoms with E-state index < -0.39 is 0 Å². The first-order valence-corrected chi connectivity index (χ1v) is 5.50. The predicted octanol–water partition coefficient (Wildman–Crippen LogP) is 0.615. The van der Waals surface area contributed by atoms with E-state index in [0.717, 1.165) is 11.3 Å². The molecule has 0 aliphatic rings. The van der Waals surface area contributed by atoms with Crippen LogP contribution in [0.25, 0.3) is 11.3 Å². The van der Waals surface area contributed by atoms with Gasteiger partial charge in [-0.3, -0.25) is 4.79 Å². The summed E-state index contributed by atoms with van der Waals surface area (Å²) in [5.41, 5.74) is 7.39. The fourth-order valence-corrected chi connectivity index (χ4v) is 1.59. The summed E-state index contributed by atoms with van der Waals surface area (Å²) in [6, 6.07) is 3.66. The predicted molar refractivity (Wildman–Crippen MR) is 68.6 cm³/mol. The van der Waals surface area contributed by atoms with E-state index in [2.05, 4.69) is 9.97 Å². The average Bonchev–Trinajstić information content (AvgIpc) is 2.77. The molecule has 0 aliphatic heterocycles. The van der Waals surface area contributed by atoms with E-state index in [9.17, 15) is 4.79 Å². The van der Waals surface area contributed by atoms with Crippen molar-refractivity contribution in [1.82, 2.24) is 19.4 Å². The first kappa shape index (κ1) is 12.1. The summed E-state index contributed by atoms with van der Waals surface area (Å²) in [5, 5.41) is 0. The summed E-state index contributed by atoms with van der Waals surface area (Å²) in [4.78, 5) is 21.3. The van der Waals surface area contributed by atoms with Crippen LogP contribution in [0, 0.1) is 0 Å². The van der Waals surface area contributed by atoms with Gasteiger partial charge in [-0.25, -0.2) is 9.97 Å². The van der Waals surface area contributed by atoms with Crippen LogP contribution in [0.4, 0.5) is 5.82 Å². The normalized spacial score (nSPS) is 10.3. The lowest BCUT2D eigenvalue weighted by molar-refractivity contribution is -0.129. The molecule has 2 heterocycles. The Morgan fingerprint density at radius 3 is 2.94 bits per heavy atom. The Kier molecular flexibility index (Phi) is 3.27. The molecule has 0 saturated carbocycles. The summed E-state index contributed by atoms with van der Waals surface area (Å²) in [6.07, 6.45) is 4.92. The lowest BCUT2D eigenvalue weighted by Gasteiger charge is -2.13. The van der Waals surface area contributed by atoms with Gasteiger partial charge in [0.15, 0.2) is 0 Å². The van der Waals surface area contributed by atoms with Crippen LogP contribution < -0.4 is 5.73 Å². The van der Waals surface area contributed by atoms with Crippen LogP contribution in [0.1, 0.15) is 0 Å². The Labute approximate surface area is 105 Å². The van der Waals surface area contributed by atoms with Crippen LogP contribution in [0.2, 0.25) is 0 Å². The van der Waals surface area contributed by atoms with Gasteiger partial charge in [0.25, 0.3) is 0 Å². The lowest BCUT2D eigenvalue weighted by atomic mass is 10.2. The Bertz CT molecular complexity index is 561. The van der Waals surface area contributed by atoms with Crippen molar-refractivity contribution in [2.45, 2.75) is 6.54 Å². The second-order valence-corrected chi connectivity index (χ2v) is 4.13. The highest BCUT2D eigenvalue weighted by molar-refractivity contribution is 5.77. The van der Waals surface area contributed by atoms with Gasteiger partial charge >= 0.3 is 0 Å². The van der Waals surface area contributed by atoms with Crippen molar-refractivity contribution in [3.8, 4) is 11.3 Å². The minimum atomic E-state index is -0.00304. The van der Waals surface area contributed by atoms with Gasteiger partial charge < -0.3 is 15.2 Å². The lowest BCUT2D eigenvalue weighted by Crippen LogP contribution is -2.26. The van der Waals surface area contributed by atoms with E-state index in [1.165, 1.54) is 4.90 Å². The number of imidazole rings is 1. The molecule has 94 valence electrons. The molecule has 0 aromatic carbocycles. The fraction of sp³-hybridized carbons (Fsp3) is 0.250. The molecule has 2 N–H and O–H groups in total. The molecular formula is C12H15N5O. The van der Waals surface area contributed by atoms with Crippen LogP contribution in [0.5, 0.6) is 0 Å². The largest absolute Gasteiger partial charge is 0.383 e. The standard InChI is InChI=1S/C12H15N5O/c1-16(2)11(18)7-17-8-14-6-10(17)9-4-3-5-15-12(9)13/h3-6,8H,7H2,1-2H3,(H2,13,15). The summed E-state index contributed by atoms with van der Waals surface area (Å²) >= 11 is 0. The number of nitrogens with zero attached hydrogens (tertiary/aromatic N) is 4. The molecule has 0 bridgehead atoms. The van der Waals surface area contributed by atoms with E-state index in [0.29, 0.717) is 5.82 Å². The number of amides is 1. The second-order valence-electron chi connectivity index (χ2n) is 4.13. The number of anilines is 1. The van der Waals surface area contributed by atoms with E-state index in [4.69, 9.17) is 5.73 Å². The zero-order valence-corrected chi connectivity index (χ0v) is 10.4. The zero-order chi connectivity index (χ0) is 13.1. The molecule has 0 saturated heterocycles. The third kappa shape index (κ3) is 2.32. The third-order valence-corrected chi connectivity index (χ3v) is 2.63. The number of rotatable bonds is 3. The number of pyridine rings is 1. The zero-order valence-electron chi connectivity index (χ0n) is 10.4. The van der Waals surface area contributed by atoms with Crippen molar-refractivity contribution in [1.29, 1.82) is 0 Å².